The molecule has 4 rings (SSSR count). The van der Waals surface area contributed by atoms with Gasteiger partial charge in [-0.3, -0.25) is 19.3 Å². The van der Waals surface area contributed by atoms with Crippen molar-refractivity contribution in [3.63, 3.8) is 0 Å². The van der Waals surface area contributed by atoms with Crippen molar-refractivity contribution < 1.29 is 28.6 Å². The van der Waals surface area contributed by atoms with E-state index in [0.717, 1.165) is 32.8 Å². The molecule has 2 aromatic carbocycles. The van der Waals surface area contributed by atoms with Crippen molar-refractivity contribution in [2.75, 3.05) is 69.9 Å². The molecule has 2 N–H and O–H groups in total. The molecule has 1 atom stereocenters. The Morgan fingerprint density at radius 3 is 2.42 bits per heavy atom. The Labute approximate surface area is 210 Å². The van der Waals surface area contributed by atoms with E-state index in [9.17, 15) is 14.4 Å². The first kappa shape index (κ1) is 25.5. The molecule has 3 amide bonds. The zero-order valence-corrected chi connectivity index (χ0v) is 20.4. The van der Waals surface area contributed by atoms with E-state index in [1.54, 1.807) is 60.5 Å². The molecule has 36 heavy (non-hydrogen) atoms. The highest BCUT2D eigenvalue weighted by Crippen LogP contribution is 2.27. The molecule has 0 aromatic heterocycles. The fourth-order valence-electron chi connectivity index (χ4n) is 4.18. The topological polar surface area (TPSA) is 109 Å². The third kappa shape index (κ3) is 6.96. The predicted molar refractivity (Wildman–Crippen MR) is 134 cm³/mol. The van der Waals surface area contributed by atoms with E-state index in [1.807, 2.05) is 0 Å². The normalized spacial score (nSPS) is 18.1. The summed E-state index contributed by atoms with van der Waals surface area (Å²) in [7, 11) is 1.58. The highest BCUT2D eigenvalue weighted by atomic mass is 16.5. The number of carbonyl (C=O) groups is 3. The summed E-state index contributed by atoms with van der Waals surface area (Å²) in [6.07, 6.45) is 0.188. The van der Waals surface area contributed by atoms with Gasteiger partial charge in [0, 0.05) is 50.5 Å². The number of benzene rings is 2. The van der Waals surface area contributed by atoms with Crippen molar-refractivity contribution in [1.82, 2.24) is 10.2 Å². The lowest BCUT2D eigenvalue weighted by Crippen LogP contribution is -2.42. The number of amides is 3. The van der Waals surface area contributed by atoms with Gasteiger partial charge in [0.05, 0.1) is 26.2 Å². The second kappa shape index (κ2) is 12.4. The molecule has 2 fully saturated rings. The summed E-state index contributed by atoms with van der Waals surface area (Å²) < 4.78 is 16.0. The number of anilines is 2. The third-order valence-corrected chi connectivity index (χ3v) is 6.22. The maximum absolute atomic E-state index is 12.6. The van der Waals surface area contributed by atoms with Gasteiger partial charge in [0.25, 0.3) is 5.91 Å². The summed E-state index contributed by atoms with van der Waals surface area (Å²) in [6, 6.07) is 13.9. The van der Waals surface area contributed by atoms with E-state index in [1.165, 1.54) is 0 Å². The third-order valence-electron chi connectivity index (χ3n) is 6.22. The van der Waals surface area contributed by atoms with E-state index in [0.29, 0.717) is 36.0 Å². The van der Waals surface area contributed by atoms with Crippen molar-refractivity contribution in [3.05, 3.63) is 48.5 Å². The largest absolute Gasteiger partial charge is 0.497 e. The second-order valence-corrected chi connectivity index (χ2v) is 8.71. The Morgan fingerprint density at radius 2 is 1.72 bits per heavy atom. The van der Waals surface area contributed by atoms with Gasteiger partial charge in [-0.2, -0.15) is 0 Å². The molecule has 0 saturated carbocycles. The number of ether oxygens (including phenoxy) is 3. The summed E-state index contributed by atoms with van der Waals surface area (Å²) in [5.74, 6) is 0.364. The first-order valence-electron chi connectivity index (χ1n) is 12.1. The van der Waals surface area contributed by atoms with Crippen molar-refractivity contribution >= 4 is 29.1 Å². The van der Waals surface area contributed by atoms with Crippen LogP contribution in [0.4, 0.5) is 11.4 Å². The van der Waals surface area contributed by atoms with Gasteiger partial charge in [-0.15, -0.1) is 0 Å². The number of hydrogen-bond acceptors (Lipinski definition) is 7. The van der Waals surface area contributed by atoms with Crippen LogP contribution in [-0.2, 0) is 19.1 Å². The summed E-state index contributed by atoms with van der Waals surface area (Å²) in [5, 5.41) is 5.71. The number of nitrogens with one attached hydrogen (secondary N) is 2. The first-order valence-corrected chi connectivity index (χ1v) is 12.1. The van der Waals surface area contributed by atoms with Crippen LogP contribution in [0.25, 0.3) is 0 Å². The van der Waals surface area contributed by atoms with Gasteiger partial charge < -0.3 is 29.7 Å². The van der Waals surface area contributed by atoms with Crippen LogP contribution in [0, 0.1) is 5.92 Å². The number of hydrogen-bond donors (Lipinski definition) is 2. The molecule has 0 unspecified atom stereocenters. The molecule has 2 aliphatic rings. The first-order chi connectivity index (χ1) is 17.5. The van der Waals surface area contributed by atoms with Gasteiger partial charge in [-0.1, -0.05) is 0 Å². The van der Waals surface area contributed by atoms with E-state index < -0.39 is 0 Å². The van der Waals surface area contributed by atoms with Crippen LogP contribution in [0.3, 0.4) is 0 Å². The number of rotatable bonds is 10. The van der Waals surface area contributed by atoms with Gasteiger partial charge >= 0.3 is 0 Å². The summed E-state index contributed by atoms with van der Waals surface area (Å²) in [5.41, 5.74) is 1.34. The average Bonchev–Trinajstić information content (AvgIpc) is 3.30. The van der Waals surface area contributed by atoms with Crippen LogP contribution in [0.2, 0.25) is 0 Å². The Balaban J connectivity index is 1.21. The lowest BCUT2D eigenvalue weighted by molar-refractivity contribution is -0.126. The number of methoxy groups -OCH3 is 1. The van der Waals surface area contributed by atoms with Crippen LogP contribution >= 0.6 is 0 Å². The molecule has 0 aliphatic carbocycles. The van der Waals surface area contributed by atoms with Gasteiger partial charge in [0.2, 0.25) is 11.8 Å². The summed E-state index contributed by atoms with van der Waals surface area (Å²) >= 11 is 0. The Bertz CT molecular complexity index is 1040. The molecule has 192 valence electrons. The van der Waals surface area contributed by atoms with Gasteiger partial charge in [-0.25, -0.2) is 0 Å². The summed E-state index contributed by atoms with van der Waals surface area (Å²) in [4.78, 5) is 41.2. The monoisotopic (exact) mass is 496 g/mol. The van der Waals surface area contributed by atoms with Gasteiger partial charge in [0.15, 0.2) is 6.61 Å². The number of nitrogens with zero attached hydrogens (tertiary/aromatic N) is 2. The van der Waals surface area contributed by atoms with Crippen molar-refractivity contribution in [3.8, 4) is 11.5 Å². The highest BCUT2D eigenvalue weighted by molar-refractivity contribution is 6.00. The minimum absolute atomic E-state index is 0.0872. The molecule has 10 nitrogen and oxygen atoms in total. The standard InChI is InChI=1S/C26H32N4O6/c1-34-22-6-2-20(3-7-22)28-24(31)18-36-23-8-4-21(5-9-23)30-17-19(16-25(30)32)26(33)27-10-11-29-12-14-35-15-13-29/h2-9,19H,10-18H2,1H3,(H,27,33)(H,28,31)/t19-/m0/s1. The molecular formula is C26H32N4O6. The highest BCUT2D eigenvalue weighted by Gasteiger charge is 2.35. The minimum Gasteiger partial charge on any atom is -0.497 e. The zero-order chi connectivity index (χ0) is 25.3. The van der Waals surface area contributed by atoms with Crippen LogP contribution in [0.1, 0.15) is 6.42 Å². The summed E-state index contributed by atoms with van der Waals surface area (Å²) in [6.45, 7) is 4.72. The Morgan fingerprint density at radius 1 is 1.03 bits per heavy atom. The zero-order valence-electron chi connectivity index (χ0n) is 20.4. The fourth-order valence-corrected chi connectivity index (χ4v) is 4.18. The lowest BCUT2D eigenvalue weighted by Gasteiger charge is -2.26. The maximum Gasteiger partial charge on any atom is 0.262 e. The molecule has 0 radical (unpaired) electrons. The molecule has 2 saturated heterocycles. The van der Waals surface area contributed by atoms with Crippen LogP contribution < -0.4 is 25.0 Å². The van der Waals surface area contributed by atoms with Crippen LogP contribution in [-0.4, -0.2) is 82.3 Å². The molecule has 0 spiro atoms. The molecule has 2 aromatic rings. The predicted octanol–water partition coefficient (Wildman–Crippen LogP) is 1.51. The quantitative estimate of drug-likeness (QED) is 0.513. The van der Waals surface area contributed by atoms with Crippen molar-refractivity contribution in [1.29, 1.82) is 0 Å². The van der Waals surface area contributed by atoms with Crippen molar-refractivity contribution in [2.45, 2.75) is 6.42 Å². The molecule has 2 aliphatic heterocycles. The van der Waals surface area contributed by atoms with E-state index >= 15 is 0 Å². The van der Waals surface area contributed by atoms with E-state index in [4.69, 9.17) is 14.2 Å². The lowest BCUT2D eigenvalue weighted by atomic mass is 10.1. The van der Waals surface area contributed by atoms with Crippen LogP contribution in [0.15, 0.2) is 48.5 Å². The maximum atomic E-state index is 12.6. The molecule has 0 bridgehead atoms. The van der Waals surface area contributed by atoms with Gasteiger partial charge in [-0.05, 0) is 48.5 Å². The number of carbonyl (C=O) groups excluding carboxylic acids is 3. The average molecular weight is 497 g/mol. The molecule has 2 heterocycles. The van der Waals surface area contributed by atoms with Crippen molar-refractivity contribution in [2.24, 2.45) is 5.92 Å². The van der Waals surface area contributed by atoms with E-state index in [-0.39, 0.29) is 36.7 Å². The molecule has 10 heteroatoms. The fraction of sp³-hybridized carbons (Fsp3) is 0.423. The van der Waals surface area contributed by atoms with Crippen LogP contribution in [0.5, 0.6) is 11.5 Å². The Kier molecular flexibility index (Phi) is 8.75. The van der Waals surface area contributed by atoms with Gasteiger partial charge in [0.1, 0.15) is 11.5 Å². The minimum atomic E-state index is -0.375. The second-order valence-electron chi connectivity index (χ2n) is 8.71. The van der Waals surface area contributed by atoms with E-state index in [2.05, 4.69) is 15.5 Å². The SMILES string of the molecule is COc1ccc(NC(=O)COc2ccc(N3C[C@@H](C(=O)NCCN4CCOCC4)CC3=O)cc2)cc1. The Hall–Kier alpha value is -3.63. The molecular weight excluding hydrogens is 464 g/mol. The smallest absolute Gasteiger partial charge is 0.262 e. The number of morpholine rings is 1.